The summed E-state index contributed by atoms with van der Waals surface area (Å²) < 4.78 is 0. The van der Waals surface area contributed by atoms with Gasteiger partial charge in [0, 0.05) is 69.3 Å². The first-order valence-electron chi connectivity index (χ1n) is 0.169. The third kappa shape index (κ3) is 18.3. The Balaban J connectivity index is -0.00000000167. The summed E-state index contributed by atoms with van der Waals surface area (Å²) in [6.45, 7) is 0. The number of hydrogen-bond donors (Lipinski definition) is 0. The summed E-state index contributed by atoms with van der Waals surface area (Å²) in [6.07, 6.45) is 0. The van der Waals surface area contributed by atoms with Crippen molar-refractivity contribution >= 4 is 0 Å². The van der Waals surface area contributed by atoms with Gasteiger partial charge in [-0.15, -0.1) is 0 Å². The molecule has 0 aliphatic carbocycles. The Bertz CT molecular complexity index is 11.6. The molecule has 0 amide bonds. The van der Waals surface area contributed by atoms with Gasteiger partial charge in [-0.25, -0.2) is 0 Å². The first-order valence-corrected chi connectivity index (χ1v) is 11.3. The summed E-state index contributed by atoms with van der Waals surface area (Å²) in [6, 6.07) is 0. The predicted molar refractivity (Wildman–Crippen MR) is 0 cm³/mol. The van der Waals surface area contributed by atoms with Gasteiger partial charge in [0.25, 0.3) is 0 Å². The first-order chi connectivity index (χ1) is 1.00. The van der Waals surface area contributed by atoms with Crippen molar-refractivity contribution in [1.82, 2.24) is 0 Å². The van der Waals surface area contributed by atoms with Crippen LogP contribution in [0.3, 0.4) is 0 Å². The quantitative estimate of drug-likeness (QED) is 0.302. The van der Waals surface area contributed by atoms with E-state index in [-0.39, 0.29) is 69.3 Å². The van der Waals surface area contributed by atoms with Crippen LogP contribution in [0.15, 0.2) is 0 Å². The van der Waals surface area contributed by atoms with E-state index in [1.54, 1.807) is 0 Å². The molecule has 0 fully saturated rings. The summed E-state index contributed by atoms with van der Waals surface area (Å²) in [4.78, 5) is 0. The van der Waals surface area contributed by atoms with Crippen LogP contribution in [0.4, 0.5) is 0 Å². The fourth-order valence-electron chi connectivity index (χ4n) is 0. The normalized spacial score (nSPS) is 1.00. The van der Waals surface area contributed by atoms with Crippen LogP contribution in [0.25, 0.3) is 0 Å². The predicted octanol–water partition coefficient (Wildman–Crippen LogP) is -0.0125. The zero-order valence-corrected chi connectivity index (χ0v) is 16.8. The van der Waals surface area contributed by atoms with Crippen LogP contribution in [0.1, 0.15) is 0 Å². The molecule has 0 nitrogen and oxygen atoms in total. The van der Waals surface area contributed by atoms with Crippen molar-refractivity contribution in [2.24, 2.45) is 0 Å². The van der Waals surface area contributed by atoms with Gasteiger partial charge in [0.05, 0.1) is 0 Å². The van der Waals surface area contributed by atoms with Gasteiger partial charge in [-0.3, -0.25) is 0 Å². The molecule has 0 rings (SSSR count). The van der Waals surface area contributed by atoms with Gasteiger partial charge in [0.15, 0.2) is 0 Å². The molecule has 0 bridgehead atoms. The van der Waals surface area contributed by atoms with E-state index in [0.29, 0.717) is 0 Å². The Kier molecular flexibility index (Phi) is 118. The maximum absolute atomic E-state index is 1.83. The molecule has 5 heteroatoms. The van der Waals surface area contributed by atoms with E-state index < -0.39 is 0 Å². The van der Waals surface area contributed by atoms with Crippen LogP contribution in [-0.2, 0) is 103 Å². The molecule has 0 unspecified atom stereocenters. The number of rotatable bonds is 0. The molecular weight excluding hydrogens is 822 g/mol. The Morgan fingerprint density at radius 1 is 1.20 bits per heavy atom. The molecule has 0 saturated carbocycles. The zero-order valence-electron chi connectivity index (χ0n) is 2.18. The monoisotopic (exact) mass is 825 g/mol. The SMILES string of the molecule is [Hf].[Nb].[Ta][Re].[W]. The van der Waals surface area contributed by atoms with E-state index in [0.717, 1.165) is 0 Å². The molecule has 0 aromatic heterocycles. The second-order valence-electron chi connectivity index (χ2n) is 0. The molecule has 27 valence electrons. The molecule has 0 aliphatic rings. The van der Waals surface area contributed by atoms with Crippen LogP contribution in [0.2, 0.25) is 0 Å². The third-order valence-electron chi connectivity index (χ3n) is 0. The molecule has 0 aromatic carbocycles. The van der Waals surface area contributed by atoms with Gasteiger partial charge in [-0.2, -0.15) is 0 Å². The van der Waals surface area contributed by atoms with Gasteiger partial charge in [0.2, 0.25) is 0 Å². The molecule has 0 spiro atoms. The van der Waals surface area contributed by atoms with Crippen molar-refractivity contribution in [1.29, 1.82) is 0 Å². The van der Waals surface area contributed by atoms with Gasteiger partial charge in [-0.1, -0.05) is 0 Å². The standard InChI is InChI=1S/Hf.Nb.Re.Ta.W. The topological polar surface area (TPSA) is 0 Å². The van der Waals surface area contributed by atoms with Crippen molar-refractivity contribution in [3.63, 3.8) is 0 Å². The molecule has 0 aliphatic heterocycles. The van der Waals surface area contributed by atoms with E-state index >= 15 is 0 Å². The van der Waals surface area contributed by atoms with Crippen LogP contribution in [0.5, 0.6) is 0 Å². The van der Waals surface area contributed by atoms with Crippen molar-refractivity contribution in [2.75, 3.05) is 0 Å². The van der Waals surface area contributed by atoms with Gasteiger partial charge in [0.1, 0.15) is 0 Å². The second-order valence-corrected chi connectivity index (χ2v) is 0. The molecule has 0 aromatic rings. The zero-order chi connectivity index (χ0) is 2.00. The average Bonchev–Trinajstić information content (AvgIpc) is 1.00. The minimum atomic E-state index is 0. The molecule has 0 N–H and O–H groups in total. The van der Waals surface area contributed by atoms with E-state index in [9.17, 15) is 0 Å². The summed E-state index contributed by atoms with van der Waals surface area (Å²) in [5.41, 5.74) is 0. The second kappa shape index (κ2) is 25.2. The van der Waals surface area contributed by atoms with Gasteiger partial charge in [-0.05, 0) is 0 Å². The first kappa shape index (κ1) is 23.3. The Labute approximate surface area is 101 Å². The molecular formula is HfNbReTaW. The van der Waals surface area contributed by atoms with E-state index in [4.69, 9.17) is 0 Å². The smallest absolute Gasteiger partial charge is 0 e. The van der Waals surface area contributed by atoms with Gasteiger partial charge < -0.3 is 0 Å². The van der Waals surface area contributed by atoms with Crippen LogP contribution in [0, 0.1) is 0 Å². The largest absolute Gasteiger partial charge is 0 e. The molecule has 1 radical (unpaired) electrons. The van der Waals surface area contributed by atoms with Gasteiger partial charge >= 0.3 is 34.1 Å². The molecule has 0 saturated heterocycles. The van der Waals surface area contributed by atoms with Crippen molar-refractivity contribution in [3.05, 3.63) is 0 Å². The summed E-state index contributed by atoms with van der Waals surface area (Å²) >= 11 is 3.33. The maximum Gasteiger partial charge on any atom is 0 e. The van der Waals surface area contributed by atoms with E-state index in [1.807, 2.05) is 16.0 Å². The third-order valence-corrected chi connectivity index (χ3v) is 0. The number of hydrogen-bond acceptors (Lipinski definition) is 0. The van der Waals surface area contributed by atoms with Crippen LogP contribution >= 0.6 is 0 Å². The molecule has 0 atom stereocenters. The van der Waals surface area contributed by atoms with Crippen molar-refractivity contribution in [2.45, 2.75) is 0 Å². The average molecular weight is 822 g/mol. The molecule has 5 heavy (non-hydrogen) atoms. The Morgan fingerprint density at radius 3 is 1.20 bits per heavy atom. The van der Waals surface area contributed by atoms with Crippen LogP contribution < -0.4 is 0 Å². The fourth-order valence-corrected chi connectivity index (χ4v) is 0. The Morgan fingerprint density at radius 2 is 1.20 bits per heavy atom. The maximum atomic E-state index is 1.83. The summed E-state index contributed by atoms with van der Waals surface area (Å²) in [5.74, 6) is 0. The molecule has 0 heterocycles. The summed E-state index contributed by atoms with van der Waals surface area (Å²) in [5, 5.41) is 0. The van der Waals surface area contributed by atoms with E-state index in [2.05, 4.69) is 0 Å². The minimum Gasteiger partial charge on any atom is 0 e. The Hall–Kier alpha value is 3.70. The summed E-state index contributed by atoms with van der Waals surface area (Å²) in [7, 11) is 0. The fraction of sp³-hybridized carbons (Fsp3) is 0. The van der Waals surface area contributed by atoms with Crippen molar-refractivity contribution in [3.8, 4) is 0 Å². The minimum absolute atomic E-state index is 0. The van der Waals surface area contributed by atoms with E-state index in [1.165, 1.54) is 18.1 Å². The van der Waals surface area contributed by atoms with Crippen molar-refractivity contribution < 1.29 is 103 Å². The van der Waals surface area contributed by atoms with Crippen LogP contribution in [-0.4, -0.2) is 0 Å².